The van der Waals surface area contributed by atoms with Gasteiger partial charge in [-0.2, -0.15) is 26.3 Å². The summed E-state index contributed by atoms with van der Waals surface area (Å²) in [6, 6.07) is 11.1. The van der Waals surface area contributed by atoms with Gasteiger partial charge in [0.2, 0.25) is 0 Å². The van der Waals surface area contributed by atoms with Crippen LogP contribution in [0.5, 0.6) is 11.5 Å². The van der Waals surface area contributed by atoms with Gasteiger partial charge >= 0.3 is 12.4 Å². The van der Waals surface area contributed by atoms with Crippen molar-refractivity contribution in [2.24, 2.45) is 0 Å². The van der Waals surface area contributed by atoms with Crippen LogP contribution in [0.15, 0.2) is 60.8 Å². The highest BCUT2D eigenvalue weighted by Crippen LogP contribution is 2.39. The van der Waals surface area contributed by atoms with Crippen LogP contribution in [0.4, 0.5) is 26.3 Å². The molecule has 0 aliphatic carbocycles. The zero-order valence-electron chi connectivity index (χ0n) is 20.1. The molecule has 4 nitrogen and oxygen atoms in total. The van der Waals surface area contributed by atoms with Crippen LogP contribution in [0, 0.1) is 0 Å². The van der Waals surface area contributed by atoms with Crippen molar-refractivity contribution in [2.45, 2.75) is 44.0 Å². The molecule has 0 aliphatic heterocycles. The third kappa shape index (κ3) is 7.24. The van der Waals surface area contributed by atoms with Gasteiger partial charge in [-0.1, -0.05) is 18.2 Å². The fraction of sp³-hybridized carbons (Fsp3) is 0.333. The summed E-state index contributed by atoms with van der Waals surface area (Å²) in [7, 11) is 3.01. The molecule has 0 saturated heterocycles. The van der Waals surface area contributed by atoms with Crippen molar-refractivity contribution < 1.29 is 40.6 Å². The number of halogens is 6. The zero-order chi connectivity index (χ0) is 27.2. The van der Waals surface area contributed by atoms with E-state index in [1.807, 2.05) is 6.07 Å². The number of hydrogen-bond donors (Lipinski definition) is 0. The van der Waals surface area contributed by atoms with Crippen LogP contribution in [0.1, 0.15) is 53.1 Å². The number of carbonyl (C=O) groups is 1. The number of aryl methyl sites for hydroxylation is 1. The largest absolute Gasteiger partial charge is 0.493 e. The molecule has 1 aromatic heterocycles. The van der Waals surface area contributed by atoms with E-state index in [1.54, 1.807) is 12.1 Å². The van der Waals surface area contributed by atoms with Crippen molar-refractivity contribution in [3.05, 3.63) is 88.7 Å². The lowest BCUT2D eigenvalue weighted by Crippen LogP contribution is -2.17. The molecule has 3 aromatic rings. The molecule has 0 fully saturated rings. The number of benzene rings is 2. The van der Waals surface area contributed by atoms with Crippen LogP contribution in [0.2, 0.25) is 0 Å². The number of nitrogens with zero attached hydrogens (tertiary/aromatic N) is 1. The Bertz CT molecular complexity index is 1210. The van der Waals surface area contributed by atoms with Crippen molar-refractivity contribution in [3.8, 4) is 11.5 Å². The fourth-order valence-electron chi connectivity index (χ4n) is 4.07. The molecular formula is C27H25F6NO3. The molecule has 0 spiro atoms. The highest BCUT2D eigenvalue weighted by Gasteiger charge is 2.37. The van der Waals surface area contributed by atoms with Crippen molar-refractivity contribution in [3.63, 3.8) is 0 Å². The average Bonchev–Trinajstić information content (AvgIpc) is 2.86. The maximum atomic E-state index is 13.7. The number of rotatable bonds is 10. The number of Topliss-reactive ketones (excluding diaryl/α,β-unsaturated/α-hetero) is 1. The summed E-state index contributed by atoms with van der Waals surface area (Å²) in [5.41, 5.74) is -1.34. The van der Waals surface area contributed by atoms with Gasteiger partial charge < -0.3 is 9.47 Å². The topological polar surface area (TPSA) is 48.4 Å². The molecule has 0 bridgehead atoms. The molecule has 0 aliphatic rings. The monoisotopic (exact) mass is 525 g/mol. The Kier molecular flexibility index (Phi) is 8.83. The van der Waals surface area contributed by atoms with E-state index in [1.165, 1.54) is 20.4 Å². The molecule has 198 valence electrons. The third-order valence-electron chi connectivity index (χ3n) is 5.92. The summed E-state index contributed by atoms with van der Waals surface area (Å²) in [6.07, 6.45) is -7.52. The van der Waals surface area contributed by atoms with Crippen LogP contribution >= 0.6 is 0 Å². The van der Waals surface area contributed by atoms with Gasteiger partial charge in [0.05, 0.1) is 31.0 Å². The summed E-state index contributed by atoms with van der Waals surface area (Å²) < 4.78 is 90.6. The normalized spacial score (nSPS) is 12.8. The van der Waals surface area contributed by atoms with Crippen molar-refractivity contribution in [2.75, 3.05) is 14.2 Å². The first kappa shape index (κ1) is 28.0. The first-order chi connectivity index (χ1) is 17.4. The third-order valence-corrected chi connectivity index (χ3v) is 5.92. The molecule has 37 heavy (non-hydrogen) atoms. The number of carbonyl (C=O) groups excluding carboxylic acids is 1. The summed E-state index contributed by atoms with van der Waals surface area (Å²) in [6.45, 7) is 0. The van der Waals surface area contributed by atoms with Gasteiger partial charge in [0, 0.05) is 25.0 Å². The van der Waals surface area contributed by atoms with Gasteiger partial charge in [0.1, 0.15) is 5.78 Å². The van der Waals surface area contributed by atoms with E-state index in [9.17, 15) is 31.1 Å². The van der Waals surface area contributed by atoms with E-state index in [0.717, 1.165) is 42.0 Å². The Hall–Kier alpha value is -3.56. The van der Waals surface area contributed by atoms with Crippen molar-refractivity contribution in [1.82, 2.24) is 4.98 Å². The average molecular weight is 525 g/mol. The van der Waals surface area contributed by atoms with Gasteiger partial charge in [0.15, 0.2) is 11.5 Å². The van der Waals surface area contributed by atoms with Gasteiger partial charge in [0.25, 0.3) is 0 Å². The quantitative estimate of drug-likeness (QED) is 0.262. The first-order valence-electron chi connectivity index (χ1n) is 11.4. The molecule has 1 heterocycles. The molecule has 0 unspecified atom stereocenters. The minimum Gasteiger partial charge on any atom is -0.493 e. The Labute approximate surface area is 210 Å². The maximum Gasteiger partial charge on any atom is 0.418 e. The molecule has 0 N–H and O–H groups in total. The Morgan fingerprint density at radius 2 is 1.57 bits per heavy atom. The number of pyridine rings is 1. The van der Waals surface area contributed by atoms with E-state index in [2.05, 4.69) is 4.98 Å². The van der Waals surface area contributed by atoms with Gasteiger partial charge in [-0.05, 0) is 60.4 Å². The number of ether oxygens (including phenoxy) is 2. The first-order valence-corrected chi connectivity index (χ1v) is 11.4. The van der Waals surface area contributed by atoms with Gasteiger partial charge in [-0.25, -0.2) is 0 Å². The van der Waals surface area contributed by atoms with Crippen LogP contribution in [0.3, 0.4) is 0 Å². The van der Waals surface area contributed by atoms with E-state index in [-0.39, 0.29) is 24.2 Å². The fourth-order valence-corrected chi connectivity index (χ4v) is 4.07. The van der Waals surface area contributed by atoms with Crippen LogP contribution < -0.4 is 9.47 Å². The molecule has 10 heteroatoms. The van der Waals surface area contributed by atoms with Gasteiger partial charge in [-0.15, -0.1) is 0 Å². The molecule has 0 amide bonds. The SMILES string of the molecule is COc1ccc(CCCC(=O)C[C@@H](c2ccc(C(F)(F)F)cc2)c2ncccc2C(F)(F)F)cc1OC. The summed E-state index contributed by atoms with van der Waals surface area (Å²) >= 11 is 0. The number of ketones is 1. The number of aromatic nitrogens is 1. The van der Waals surface area contributed by atoms with E-state index in [0.29, 0.717) is 24.3 Å². The molecule has 0 radical (unpaired) electrons. The highest BCUT2D eigenvalue weighted by molar-refractivity contribution is 5.80. The smallest absolute Gasteiger partial charge is 0.418 e. The van der Waals surface area contributed by atoms with Crippen LogP contribution in [-0.4, -0.2) is 25.0 Å². The second-order valence-electron chi connectivity index (χ2n) is 8.39. The van der Waals surface area contributed by atoms with Crippen molar-refractivity contribution >= 4 is 5.78 Å². The minimum atomic E-state index is -4.75. The second-order valence-corrected chi connectivity index (χ2v) is 8.39. The summed E-state index contributed by atoms with van der Waals surface area (Å²) in [4.78, 5) is 16.8. The number of methoxy groups -OCH3 is 2. The molecule has 1 atom stereocenters. The second kappa shape index (κ2) is 11.7. The van der Waals surface area contributed by atoms with Crippen LogP contribution in [0.25, 0.3) is 0 Å². The predicted octanol–water partition coefficient (Wildman–Crippen LogP) is 7.25. The molecular weight excluding hydrogens is 500 g/mol. The van der Waals surface area contributed by atoms with Gasteiger partial charge in [-0.3, -0.25) is 9.78 Å². The Morgan fingerprint density at radius 3 is 2.16 bits per heavy atom. The molecule has 3 rings (SSSR count). The lowest BCUT2D eigenvalue weighted by molar-refractivity contribution is -0.139. The van der Waals surface area contributed by atoms with E-state index < -0.39 is 35.1 Å². The van der Waals surface area contributed by atoms with Crippen LogP contribution in [-0.2, 0) is 23.6 Å². The van der Waals surface area contributed by atoms with Crippen molar-refractivity contribution in [1.29, 1.82) is 0 Å². The van der Waals surface area contributed by atoms with E-state index >= 15 is 0 Å². The summed E-state index contributed by atoms with van der Waals surface area (Å²) in [5.74, 6) is -0.404. The lowest BCUT2D eigenvalue weighted by Gasteiger charge is -2.21. The highest BCUT2D eigenvalue weighted by atomic mass is 19.4. The zero-order valence-corrected chi connectivity index (χ0v) is 20.1. The molecule has 0 saturated carbocycles. The maximum absolute atomic E-state index is 13.7. The molecule has 2 aromatic carbocycles. The summed E-state index contributed by atoms with van der Waals surface area (Å²) in [5, 5.41) is 0. The Balaban J connectivity index is 1.81. The standard InChI is InChI=1S/C27H25F6NO3/c1-36-23-13-8-17(15-24(23)37-2)5-3-6-20(35)16-21(18-9-11-19(12-10-18)26(28,29)30)25-22(27(31,32)33)7-4-14-34-25/h4,7-15,21H,3,5-6,16H2,1-2H3/t21-/m0/s1. The van der Waals surface area contributed by atoms with E-state index in [4.69, 9.17) is 9.47 Å². The number of hydrogen-bond acceptors (Lipinski definition) is 4. The minimum absolute atomic E-state index is 0.0691. The number of alkyl halides is 6. The lowest BCUT2D eigenvalue weighted by atomic mass is 9.86. The Morgan fingerprint density at radius 1 is 0.892 bits per heavy atom. The predicted molar refractivity (Wildman–Crippen MR) is 125 cm³/mol.